The third kappa shape index (κ3) is 2.74. The van der Waals surface area contributed by atoms with Crippen LogP contribution in [0.2, 0.25) is 0 Å². The summed E-state index contributed by atoms with van der Waals surface area (Å²) in [5.74, 6) is 0. The third-order valence-corrected chi connectivity index (χ3v) is 3.75. The molecule has 0 N–H and O–H groups in total. The van der Waals surface area contributed by atoms with Gasteiger partial charge in [0.05, 0.1) is 0 Å². The second-order valence-corrected chi connectivity index (χ2v) is 4.85. The predicted molar refractivity (Wildman–Crippen MR) is 62.1 cm³/mol. The molecule has 0 radical (unpaired) electrons. The number of nitro groups is 1. The summed E-state index contributed by atoms with van der Waals surface area (Å²) in [7, 11) is 0. The maximum Gasteiger partial charge on any atom is 0.288 e. The lowest BCUT2D eigenvalue weighted by molar-refractivity contribution is -0.506. The van der Waals surface area contributed by atoms with Crippen molar-refractivity contribution < 1.29 is 9.66 Å². The van der Waals surface area contributed by atoms with E-state index in [-0.39, 0.29) is 11.0 Å². The minimum absolute atomic E-state index is 0.242. The van der Waals surface area contributed by atoms with Crippen molar-refractivity contribution >= 4 is 11.8 Å². The van der Waals surface area contributed by atoms with E-state index in [0.29, 0.717) is 6.61 Å². The van der Waals surface area contributed by atoms with Crippen LogP contribution in [0.3, 0.4) is 0 Å². The maximum absolute atomic E-state index is 11.0. The Morgan fingerprint density at radius 2 is 2.19 bits per heavy atom. The van der Waals surface area contributed by atoms with Crippen LogP contribution in [0.25, 0.3) is 0 Å². The zero-order valence-electron chi connectivity index (χ0n) is 8.74. The van der Waals surface area contributed by atoms with E-state index in [2.05, 4.69) is 0 Å². The molecule has 2 atom stereocenters. The number of thioether (sulfide) groups is 1. The number of hydrogen-bond donors (Lipinski definition) is 0. The standard InChI is InChI=1S/C11H13NO3S/c13-12(14)11(10-7-4-8-15-10)16-9-5-2-1-3-6-9/h1-3,5-6,10-11H,4,7-8H2. The molecule has 2 rings (SSSR count). The molecule has 1 saturated heterocycles. The molecular formula is C11H13NO3S. The molecule has 1 heterocycles. The average Bonchev–Trinajstić information content (AvgIpc) is 2.80. The van der Waals surface area contributed by atoms with Crippen molar-refractivity contribution in [2.24, 2.45) is 0 Å². The van der Waals surface area contributed by atoms with Crippen molar-refractivity contribution in [3.8, 4) is 0 Å². The maximum atomic E-state index is 11.0. The van der Waals surface area contributed by atoms with E-state index >= 15 is 0 Å². The Morgan fingerprint density at radius 3 is 2.75 bits per heavy atom. The highest BCUT2D eigenvalue weighted by Gasteiger charge is 2.35. The van der Waals surface area contributed by atoms with Crippen LogP contribution < -0.4 is 0 Å². The first-order valence-corrected chi connectivity index (χ1v) is 6.12. The molecule has 0 bridgehead atoms. The summed E-state index contributed by atoms with van der Waals surface area (Å²) in [5, 5.41) is 10.3. The largest absolute Gasteiger partial charge is 0.370 e. The van der Waals surface area contributed by atoms with Gasteiger partial charge in [0.2, 0.25) is 0 Å². The molecule has 0 saturated carbocycles. The van der Waals surface area contributed by atoms with Crippen LogP contribution in [0.15, 0.2) is 35.2 Å². The Kier molecular flexibility index (Phi) is 3.79. The van der Waals surface area contributed by atoms with Crippen LogP contribution in [0.4, 0.5) is 0 Å². The Labute approximate surface area is 98.1 Å². The van der Waals surface area contributed by atoms with Gasteiger partial charge in [-0.25, -0.2) is 0 Å². The Morgan fingerprint density at radius 1 is 1.44 bits per heavy atom. The van der Waals surface area contributed by atoms with E-state index in [1.807, 2.05) is 30.3 Å². The van der Waals surface area contributed by atoms with Crippen LogP contribution in [-0.4, -0.2) is 23.0 Å². The highest BCUT2D eigenvalue weighted by molar-refractivity contribution is 7.99. The Bertz CT molecular complexity index is 352. The highest BCUT2D eigenvalue weighted by atomic mass is 32.2. The minimum atomic E-state index is -0.690. The minimum Gasteiger partial charge on any atom is -0.370 e. The van der Waals surface area contributed by atoms with Gasteiger partial charge in [-0.3, -0.25) is 10.1 Å². The van der Waals surface area contributed by atoms with Crippen molar-refractivity contribution in [3.05, 3.63) is 40.4 Å². The fourth-order valence-corrected chi connectivity index (χ4v) is 2.77. The number of nitrogens with zero attached hydrogens (tertiary/aromatic N) is 1. The van der Waals surface area contributed by atoms with Gasteiger partial charge < -0.3 is 4.74 Å². The van der Waals surface area contributed by atoms with Crippen LogP contribution in [-0.2, 0) is 4.74 Å². The van der Waals surface area contributed by atoms with Gasteiger partial charge in [0.15, 0.2) is 0 Å². The SMILES string of the molecule is O=[N+]([O-])C(Sc1ccccc1)C1CCCO1. The van der Waals surface area contributed by atoms with Gasteiger partial charge in [-0.1, -0.05) is 18.2 Å². The molecule has 0 aliphatic carbocycles. The molecule has 86 valence electrons. The average molecular weight is 239 g/mol. The van der Waals surface area contributed by atoms with E-state index in [1.54, 1.807) is 0 Å². The first-order chi connectivity index (χ1) is 7.77. The normalized spacial score (nSPS) is 21.9. The summed E-state index contributed by atoms with van der Waals surface area (Å²) in [5.41, 5.74) is 0. The zero-order valence-corrected chi connectivity index (χ0v) is 9.56. The van der Waals surface area contributed by atoms with Gasteiger partial charge in [-0.05, 0) is 36.7 Å². The number of benzene rings is 1. The topological polar surface area (TPSA) is 52.4 Å². The molecular weight excluding hydrogens is 226 g/mol. The van der Waals surface area contributed by atoms with Crippen LogP contribution >= 0.6 is 11.8 Å². The van der Waals surface area contributed by atoms with Crippen molar-refractivity contribution in [1.29, 1.82) is 0 Å². The molecule has 1 aromatic carbocycles. The van der Waals surface area contributed by atoms with E-state index in [1.165, 1.54) is 11.8 Å². The number of hydrogen-bond acceptors (Lipinski definition) is 4. The van der Waals surface area contributed by atoms with E-state index in [4.69, 9.17) is 4.74 Å². The molecule has 4 nitrogen and oxygen atoms in total. The summed E-state index contributed by atoms with van der Waals surface area (Å²) in [6.45, 7) is 0.643. The van der Waals surface area contributed by atoms with Crippen molar-refractivity contribution in [2.45, 2.75) is 29.2 Å². The predicted octanol–water partition coefficient (Wildman–Crippen LogP) is 2.56. The van der Waals surface area contributed by atoms with Crippen LogP contribution in [0.5, 0.6) is 0 Å². The quantitative estimate of drug-likeness (QED) is 0.351. The fourth-order valence-electron chi connectivity index (χ4n) is 1.72. The van der Waals surface area contributed by atoms with Gasteiger partial charge in [-0.15, -0.1) is 0 Å². The fraction of sp³-hybridized carbons (Fsp3) is 0.455. The lowest BCUT2D eigenvalue weighted by Gasteiger charge is -2.14. The third-order valence-electron chi connectivity index (χ3n) is 2.49. The van der Waals surface area contributed by atoms with Crippen molar-refractivity contribution in [2.75, 3.05) is 6.61 Å². The monoisotopic (exact) mass is 239 g/mol. The summed E-state index contributed by atoms with van der Waals surface area (Å²) in [6, 6.07) is 9.44. The van der Waals surface area contributed by atoms with E-state index < -0.39 is 5.37 Å². The molecule has 2 unspecified atom stereocenters. The summed E-state index contributed by atoms with van der Waals surface area (Å²) >= 11 is 1.27. The molecule has 0 spiro atoms. The molecule has 5 heteroatoms. The smallest absolute Gasteiger partial charge is 0.288 e. The molecule has 1 fully saturated rings. The molecule has 0 amide bonds. The van der Waals surface area contributed by atoms with Crippen molar-refractivity contribution in [3.63, 3.8) is 0 Å². The molecule has 1 aliphatic rings. The summed E-state index contributed by atoms with van der Waals surface area (Å²) in [4.78, 5) is 11.7. The number of rotatable bonds is 4. The van der Waals surface area contributed by atoms with Gasteiger partial charge in [0, 0.05) is 16.4 Å². The van der Waals surface area contributed by atoms with Crippen LogP contribution in [0.1, 0.15) is 12.8 Å². The lowest BCUT2D eigenvalue weighted by atomic mass is 10.2. The second-order valence-electron chi connectivity index (χ2n) is 3.66. The Hall–Kier alpha value is -1.07. The zero-order chi connectivity index (χ0) is 11.4. The summed E-state index contributed by atoms with van der Waals surface area (Å²) < 4.78 is 5.39. The molecule has 0 aromatic heterocycles. The first-order valence-electron chi connectivity index (χ1n) is 5.24. The van der Waals surface area contributed by atoms with Crippen LogP contribution in [0, 0.1) is 10.1 Å². The highest BCUT2D eigenvalue weighted by Crippen LogP contribution is 2.30. The van der Waals surface area contributed by atoms with Gasteiger partial charge >= 0.3 is 0 Å². The van der Waals surface area contributed by atoms with E-state index in [0.717, 1.165) is 17.7 Å². The van der Waals surface area contributed by atoms with E-state index in [9.17, 15) is 10.1 Å². The van der Waals surface area contributed by atoms with Gasteiger partial charge in [0.1, 0.15) is 6.10 Å². The molecule has 1 aliphatic heterocycles. The molecule has 1 aromatic rings. The summed E-state index contributed by atoms with van der Waals surface area (Å²) in [6.07, 6.45) is 1.45. The molecule has 16 heavy (non-hydrogen) atoms. The van der Waals surface area contributed by atoms with Gasteiger partial charge in [0.25, 0.3) is 5.37 Å². The van der Waals surface area contributed by atoms with Crippen molar-refractivity contribution in [1.82, 2.24) is 0 Å². The van der Waals surface area contributed by atoms with Gasteiger partial charge in [-0.2, -0.15) is 0 Å². The first kappa shape index (κ1) is 11.4. The lowest BCUT2D eigenvalue weighted by Crippen LogP contribution is -2.29. The second kappa shape index (κ2) is 5.32. The Balaban J connectivity index is 2.05. The number of ether oxygens (including phenoxy) is 1.